The molecule has 0 bridgehead atoms. The van der Waals surface area contributed by atoms with Crippen molar-refractivity contribution in [3.05, 3.63) is 54.2 Å². The largest absolute Gasteiger partial charge is 0.469 e. The maximum absolute atomic E-state index is 9.42. The molecule has 4 heterocycles. The molecule has 3 aromatic rings. The van der Waals surface area contributed by atoms with Gasteiger partial charge in [0.2, 0.25) is 5.88 Å². The predicted molar refractivity (Wildman–Crippen MR) is 119 cm³/mol. The third-order valence-electron chi connectivity index (χ3n) is 6.22. The van der Waals surface area contributed by atoms with E-state index in [1.54, 1.807) is 0 Å². The summed E-state index contributed by atoms with van der Waals surface area (Å²) >= 11 is 0. The first-order valence-corrected chi connectivity index (χ1v) is 10.8. The van der Waals surface area contributed by atoms with Gasteiger partial charge in [-0.3, -0.25) is 0 Å². The van der Waals surface area contributed by atoms with Gasteiger partial charge < -0.3 is 19.6 Å². The van der Waals surface area contributed by atoms with Crippen LogP contribution in [-0.2, 0) is 0 Å². The molecule has 2 saturated heterocycles. The number of aliphatic hydroxyl groups is 1. The van der Waals surface area contributed by atoms with E-state index in [0.717, 1.165) is 72.9 Å². The minimum Gasteiger partial charge on any atom is -0.469 e. The van der Waals surface area contributed by atoms with Crippen LogP contribution in [0.5, 0.6) is 5.88 Å². The summed E-state index contributed by atoms with van der Waals surface area (Å²) in [6.45, 7) is 5.84. The van der Waals surface area contributed by atoms with E-state index in [2.05, 4.69) is 52.0 Å². The molecule has 5 rings (SSSR count). The van der Waals surface area contributed by atoms with E-state index in [0.29, 0.717) is 5.92 Å². The number of rotatable bonds is 5. The first kappa shape index (κ1) is 19.1. The van der Waals surface area contributed by atoms with Crippen LogP contribution in [0.3, 0.4) is 0 Å². The first-order chi connectivity index (χ1) is 14.7. The number of ether oxygens (including phenoxy) is 1. The van der Waals surface area contributed by atoms with Crippen LogP contribution in [0, 0.1) is 12.8 Å². The molecule has 2 aromatic heterocycles. The van der Waals surface area contributed by atoms with Crippen molar-refractivity contribution in [1.29, 1.82) is 0 Å². The summed E-state index contributed by atoms with van der Waals surface area (Å²) in [6, 6.07) is 14.6. The van der Waals surface area contributed by atoms with Crippen LogP contribution in [0.15, 0.2) is 48.7 Å². The van der Waals surface area contributed by atoms with Crippen LogP contribution >= 0.6 is 0 Å². The highest BCUT2D eigenvalue weighted by Gasteiger charge is 2.31. The molecule has 1 aromatic carbocycles. The Balaban J connectivity index is 1.26. The topological polar surface area (TPSA) is 61.7 Å². The van der Waals surface area contributed by atoms with Gasteiger partial charge in [-0.25, -0.2) is 9.97 Å². The lowest BCUT2D eigenvalue weighted by Gasteiger charge is -2.40. The summed E-state index contributed by atoms with van der Waals surface area (Å²) < 4.78 is 6.31. The van der Waals surface area contributed by atoms with Gasteiger partial charge in [0.05, 0.1) is 18.6 Å². The lowest BCUT2D eigenvalue weighted by atomic mass is 9.97. The molecular formula is C24H28N4O2. The molecule has 0 spiro atoms. The second-order valence-corrected chi connectivity index (χ2v) is 8.46. The number of piperidine rings is 1. The van der Waals surface area contributed by atoms with Gasteiger partial charge in [-0.15, -0.1) is 0 Å². The molecule has 1 N–H and O–H groups in total. The average molecular weight is 405 g/mol. The van der Waals surface area contributed by atoms with Crippen molar-refractivity contribution in [2.45, 2.75) is 25.9 Å². The van der Waals surface area contributed by atoms with Crippen LogP contribution in [0.2, 0.25) is 0 Å². The summed E-state index contributed by atoms with van der Waals surface area (Å²) in [5, 5.41) is 10.6. The maximum Gasteiger partial charge on any atom is 0.237 e. The van der Waals surface area contributed by atoms with Gasteiger partial charge in [0.25, 0.3) is 0 Å². The Kier molecular flexibility index (Phi) is 5.17. The fourth-order valence-electron chi connectivity index (χ4n) is 4.30. The number of aliphatic hydroxyl groups excluding tert-OH is 1. The lowest BCUT2D eigenvalue weighted by Crippen LogP contribution is -2.54. The Morgan fingerprint density at radius 1 is 1.07 bits per heavy atom. The molecule has 6 nitrogen and oxygen atoms in total. The van der Waals surface area contributed by atoms with Crippen molar-refractivity contribution in [2.24, 2.45) is 5.92 Å². The molecule has 0 saturated carbocycles. The number of pyridine rings is 2. The zero-order chi connectivity index (χ0) is 20.5. The zero-order valence-electron chi connectivity index (χ0n) is 17.4. The van der Waals surface area contributed by atoms with E-state index < -0.39 is 0 Å². The Labute approximate surface area is 177 Å². The standard InChI is InChI=1S/C24H28N4O2/c1-17-12-22(27-10-8-18(16-29)9-11-27)24(25-13-17)30-20-14-28(15-20)23-7-6-19-4-2-3-5-21(19)26-23/h2-7,12-13,18,20,29H,8-11,14-16H2,1H3. The fraction of sp³-hybridized carbons (Fsp3) is 0.417. The molecule has 6 heteroatoms. The molecule has 0 radical (unpaired) electrons. The van der Waals surface area contributed by atoms with E-state index in [-0.39, 0.29) is 12.7 Å². The van der Waals surface area contributed by atoms with Crippen LogP contribution in [0.25, 0.3) is 10.9 Å². The Morgan fingerprint density at radius 2 is 1.87 bits per heavy atom. The third kappa shape index (κ3) is 3.79. The number of aryl methyl sites for hydroxylation is 1. The van der Waals surface area contributed by atoms with E-state index in [4.69, 9.17) is 9.72 Å². The minimum atomic E-state index is 0.113. The second-order valence-electron chi connectivity index (χ2n) is 8.46. The fourth-order valence-corrected chi connectivity index (χ4v) is 4.30. The number of hydrogen-bond donors (Lipinski definition) is 1. The van der Waals surface area contributed by atoms with Crippen LogP contribution in [0.1, 0.15) is 18.4 Å². The molecular weight excluding hydrogens is 376 g/mol. The monoisotopic (exact) mass is 404 g/mol. The van der Waals surface area contributed by atoms with Gasteiger partial charge in [-0.2, -0.15) is 0 Å². The summed E-state index contributed by atoms with van der Waals surface area (Å²) in [6.07, 6.45) is 4.01. The van der Waals surface area contributed by atoms with Gasteiger partial charge >= 0.3 is 0 Å². The van der Waals surface area contributed by atoms with Gasteiger partial charge in [0.1, 0.15) is 17.6 Å². The molecule has 2 aliphatic heterocycles. The lowest BCUT2D eigenvalue weighted by molar-refractivity contribution is 0.160. The van der Waals surface area contributed by atoms with Crippen molar-refractivity contribution >= 4 is 22.4 Å². The van der Waals surface area contributed by atoms with Crippen LogP contribution in [0.4, 0.5) is 11.5 Å². The molecule has 0 atom stereocenters. The molecule has 2 aliphatic rings. The smallest absolute Gasteiger partial charge is 0.237 e. The van der Waals surface area contributed by atoms with E-state index >= 15 is 0 Å². The number of fused-ring (bicyclic) bond motifs is 1. The highest BCUT2D eigenvalue weighted by atomic mass is 16.5. The number of anilines is 2. The van der Waals surface area contributed by atoms with Crippen molar-refractivity contribution in [2.75, 3.05) is 42.6 Å². The average Bonchev–Trinajstić information content (AvgIpc) is 2.76. The number of para-hydroxylation sites is 1. The maximum atomic E-state index is 9.42. The molecule has 0 unspecified atom stereocenters. The number of nitrogens with zero attached hydrogens (tertiary/aromatic N) is 4. The second kappa shape index (κ2) is 8.11. The van der Waals surface area contributed by atoms with E-state index in [1.807, 2.05) is 18.3 Å². The highest BCUT2D eigenvalue weighted by Crippen LogP contribution is 2.33. The van der Waals surface area contributed by atoms with Gasteiger partial charge in [-0.05, 0) is 55.5 Å². The Hall–Kier alpha value is -2.86. The number of hydrogen-bond acceptors (Lipinski definition) is 6. The Bertz CT molecular complexity index is 1030. The Morgan fingerprint density at radius 3 is 2.67 bits per heavy atom. The summed E-state index contributed by atoms with van der Waals surface area (Å²) in [5.74, 6) is 2.13. The van der Waals surface area contributed by atoms with Crippen molar-refractivity contribution in [1.82, 2.24) is 9.97 Å². The normalized spacial score (nSPS) is 17.9. The molecule has 2 fully saturated rings. The SMILES string of the molecule is Cc1cnc(OC2CN(c3ccc4ccccc4n3)C2)c(N2CCC(CO)CC2)c1. The molecule has 30 heavy (non-hydrogen) atoms. The molecule has 156 valence electrons. The number of aromatic nitrogens is 2. The van der Waals surface area contributed by atoms with E-state index in [1.165, 1.54) is 0 Å². The van der Waals surface area contributed by atoms with Crippen LogP contribution < -0.4 is 14.5 Å². The highest BCUT2D eigenvalue weighted by molar-refractivity contribution is 5.80. The van der Waals surface area contributed by atoms with Gasteiger partial charge in [-0.1, -0.05) is 18.2 Å². The number of benzene rings is 1. The van der Waals surface area contributed by atoms with Crippen molar-refractivity contribution < 1.29 is 9.84 Å². The summed E-state index contributed by atoms with van der Waals surface area (Å²) in [5.41, 5.74) is 3.24. The van der Waals surface area contributed by atoms with Crippen molar-refractivity contribution in [3.63, 3.8) is 0 Å². The van der Waals surface area contributed by atoms with Crippen molar-refractivity contribution in [3.8, 4) is 5.88 Å². The molecule has 0 amide bonds. The third-order valence-corrected chi connectivity index (χ3v) is 6.22. The minimum absolute atomic E-state index is 0.113. The quantitative estimate of drug-likeness (QED) is 0.703. The van der Waals surface area contributed by atoms with Crippen LogP contribution in [-0.4, -0.2) is 54.0 Å². The van der Waals surface area contributed by atoms with Gasteiger partial charge in [0.15, 0.2) is 0 Å². The van der Waals surface area contributed by atoms with E-state index in [9.17, 15) is 5.11 Å². The molecule has 0 aliphatic carbocycles. The predicted octanol–water partition coefficient (Wildman–Crippen LogP) is 3.41. The van der Waals surface area contributed by atoms with Gasteiger partial charge in [0, 0.05) is 31.3 Å². The zero-order valence-corrected chi connectivity index (χ0v) is 17.4. The first-order valence-electron chi connectivity index (χ1n) is 10.8. The summed E-state index contributed by atoms with van der Waals surface area (Å²) in [4.78, 5) is 14.0. The summed E-state index contributed by atoms with van der Waals surface area (Å²) in [7, 11) is 0.